The fraction of sp³-hybridized carbons (Fsp3) is 0.462. The summed E-state index contributed by atoms with van der Waals surface area (Å²) in [6.07, 6.45) is -4.56. The van der Waals surface area contributed by atoms with Gasteiger partial charge in [-0.1, -0.05) is 24.6 Å². The van der Waals surface area contributed by atoms with Gasteiger partial charge >= 0.3 is 6.18 Å². The lowest BCUT2D eigenvalue weighted by Crippen LogP contribution is -2.29. The van der Waals surface area contributed by atoms with Gasteiger partial charge in [-0.3, -0.25) is 4.79 Å². The Hall–Kier alpha value is -1.27. The van der Waals surface area contributed by atoms with Crippen LogP contribution in [-0.4, -0.2) is 19.0 Å². The summed E-state index contributed by atoms with van der Waals surface area (Å²) < 4.78 is 38.7. The molecule has 110 valence electrons. The van der Waals surface area contributed by atoms with E-state index in [1.165, 1.54) is 12.1 Å². The largest absolute Gasteiger partial charge is 0.418 e. The van der Waals surface area contributed by atoms with Crippen LogP contribution in [0.1, 0.15) is 12.5 Å². The van der Waals surface area contributed by atoms with Crippen molar-refractivity contribution in [3.63, 3.8) is 0 Å². The van der Waals surface area contributed by atoms with Crippen LogP contribution in [0, 0.1) is 11.8 Å². The van der Waals surface area contributed by atoms with Gasteiger partial charge in [-0.05, 0) is 24.6 Å². The topological polar surface area (TPSA) is 41.1 Å². The zero-order valence-electron chi connectivity index (χ0n) is 10.7. The molecule has 1 aliphatic rings. The minimum Gasteiger partial charge on any atom is -0.324 e. The van der Waals surface area contributed by atoms with Crippen molar-refractivity contribution in [2.75, 3.05) is 18.4 Å². The summed E-state index contributed by atoms with van der Waals surface area (Å²) in [5.74, 6) is -0.722. The van der Waals surface area contributed by atoms with E-state index in [-0.39, 0.29) is 22.5 Å². The molecule has 1 fully saturated rings. The Morgan fingerprint density at radius 2 is 2.10 bits per heavy atom. The Balaban J connectivity index is 2.27. The number of anilines is 1. The van der Waals surface area contributed by atoms with Crippen molar-refractivity contribution in [3.8, 4) is 0 Å². The van der Waals surface area contributed by atoms with Gasteiger partial charge in [0.25, 0.3) is 0 Å². The van der Waals surface area contributed by atoms with Crippen LogP contribution in [0.4, 0.5) is 18.9 Å². The number of carbonyl (C=O) groups excluding carboxylic acids is 1. The molecule has 0 bridgehead atoms. The maximum Gasteiger partial charge on any atom is 0.418 e. The lowest BCUT2D eigenvalue weighted by molar-refractivity contribution is -0.137. The van der Waals surface area contributed by atoms with E-state index in [1.807, 2.05) is 6.92 Å². The molecule has 7 heteroatoms. The van der Waals surface area contributed by atoms with Crippen molar-refractivity contribution in [1.29, 1.82) is 0 Å². The monoisotopic (exact) mass is 306 g/mol. The van der Waals surface area contributed by atoms with E-state index in [1.54, 1.807) is 0 Å². The van der Waals surface area contributed by atoms with E-state index in [2.05, 4.69) is 10.6 Å². The van der Waals surface area contributed by atoms with Crippen LogP contribution >= 0.6 is 11.6 Å². The minimum atomic E-state index is -4.56. The molecule has 2 N–H and O–H groups in total. The second kappa shape index (κ2) is 5.61. The second-order valence-corrected chi connectivity index (χ2v) is 5.30. The quantitative estimate of drug-likeness (QED) is 0.881. The highest BCUT2D eigenvalue weighted by Crippen LogP contribution is 2.38. The summed E-state index contributed by atoms with van der Waals surface area (Å²) in [6, 6.07) is 3.43. The number of carbonyl (C=O) groups is 1. The molecule has 20 heavy (non-hydrogen) atoms. The van der Waals surface area contributed by atoms with Crippen LogP contribution in [0.15, 0.2) is 18.2 Å². The van der Waals surface area contributed by atoms with Crippen molar-refractivity contribution < 1.29 is 18.0 Å². The zero-order chi connectivity index (χ0) is 14.9. The Morgan fingerprint density at radius 3 is 2.65 bits per heavy atom. The number of benzene rings is 1. The van der Waals surface area contributed by atoms with Gasteiger partial charge in [-0.15, -0.1) is 0 Å². The zero-order valence-corrected chi connectivity index (χ0v) is 11.5. The van der Waals surface area contributed by atoms with Crippen LogP contribution in [0.2, 0.25) is 5.02 Å². The molecule has 1 aliphatic heterocycles. The van der Waals surface area contributed by atoms with E-state index in [4.69, 9.17) is 11.6 Å². The number of alkyl halides is 3. The number of rotatable bonds is 2. The number of amides is 1. The Bertz CT molecular complexity index is 519. The van der Waals surface area contributed by atoms with Gasteiger partial charge in [0, 0.05) is 6.54 Å². The van der Waals surface area contributed by atoms with Gasteiger partial charge in [-0.2, -0.15) is 13.2 Å². The molecular formula is C13H14ClF3N2O. The first-order valence-corrected chi connectivity index (χ1v) is 6.55. The Kier molecular flexibility index (Phi) is 4.25. The lowest BCUT2D eigenvalue weighted by Gasteiger charge is -2.18. The average molecular weight is 307 g/mol. The van der Waals surface area contributed by atoms with Crippen LogP contribution in [0.3, 0.4) is 0 Å². The summed E-state index contributed by atoms with van der Waals surface area (Å²) in [5.41, 5.74) is -1.30. The Labute approximate surface area is 119 Å². The number of halogens is 4. The number of hydrogen-bond acceptors (Lipinski definition) is 2. The van der Waals surface area contributed by atoms with Crippen LogP contribution in [0.5, 0.6) is 0 Å². The number of hydrogen-bond donors (Lipinski definition) is 2. The maximum absolute atomic E-state index is 12.9. The van der Waals surface area contributed by atoms with Gasteiger partial charge in [0.15, 0.2) is 0 Å². The maximum atomic E-state index is 12.9. The molecule has 0 saturated carbocycles. The van der Waals surface area contributed by atoms with E-state index in [0.29, 0.717) is 13.1 Å². The highest BCUT2D eigenvalue weighted by molar-refractivity contribution is 6.34. The van der Waals surface area contributed by atoms with Gasteiger partial charge in [-0.25, -0.2) is 0 Å². The average Bonchev–Trinajstić information content (AvgIpc) is 2.76. The summed E-state index contributed by atoms with van der Waals surface area (Å²) >= 11 is 5.79. The molecule has 0 aromatic heterocycles. The number of para-hydroxylation sites is 1. The molecule has 2 atom stereocenters. The third kappa shape index (κ3) is 3.07. The fourth-order valence-corrected chi connectivity index (χ4v) is 2.49. The van der Waals surface area contributed by atoms with E-state index >= 15 is 0 Å². The molecule has 0 spiro atoms. The lowest BCUT2D eigenvalue weighted by atomic mass is 9.97. The van der Waals surface area contributed by atoms with E-state index in [0.717, 1.165) is 6.07 Å². The Morgan fingerprint density at radius 1 is 1.40 bits per heavy atom. The summed E-state index contributed by atoms with van der Waals surface area (Å²) in [5, 5.41) is 5.24. The predicted molar refractivity (Wildman–Crippen MR) is 70.6 cm³/mol. The second-order valence-electron chi connectivity index (χ2n) is 4.89. The highest BCUT2D eigenvalue weighted by Gasteiger charge is 2.36. The minimum absolute atomic E-state index is 0.0758. The summed E-state index contributed by atoms with van der Waals surface area (Å²) in [4.78, 5) is 12.1. The molecule has 1 aromatic carbocycles. The molecule has 3 nitrogen and oxygen atoms in total. The highest BCUT2D eigenvalue weighted by atomic mass is 35.5. The third-order valence-corrected chi connectivity index (χ3v) is 3.74. The molecular weight excluding hydrogens is 293 g/mol. The first-order chi connectivity index (χ1) is 9.30. The van der Waals surface area contributed by atoms with Gasteiger partial charge in [0.2, 0.25) is 5.91 Å². The molecule has 0 aliphatic carbocycles. The first-order valence-electron chi connectivity index (χ1n) is 6.18. The molecule has 2 unspecified atom stereocenters. The molecule has 1 heterocycles. The predicted octanol–water partition coefficient (Wildman–Crippen LogP) is 3.15. The molecule has 1 amide bonds. The van der Waals surface area contributed by atoms with Crippen LogP contribution in [0.25, 0.3) is 0 Å². The molecule has 1 aromatic rings. The number of nitrogens with one attached hydrogen (secondary N) is 2. The molecule has 2 rings (SSSR count). The summed E-state index contributed by atoms with van der Waals surface area (Å²) in [7, 11) is 0. The van der Waals surface area contributed by atoms with Gasteiger partial charge in [0.05, 0.1) is 22.2 Å². The fourth-order valence-electron chi connectivity index (χ4n) is 2.26. The van der Waals surface area contributed by atoms with Crippen molar-refractivity contribution in [2.45, 2.75) is 13.1 Å². The van der Waals surface area contributed by atoms with Gasteiger partial charge < -0.3 is 10.6 Å². The standard InChI is InChI=1S/C13H14ClF3N2O/c1-7-5-18-6-8(7)12(20)19-11-9(13(15,16)17)3-2-4-10(11)14/h2-4,7-8,18H,5-6H2,1H3,(H,19,20). The SMILES string of the molecule is CC1CNCC1C(=O)Nc1c(Cl)cccc1C(F)(F)F. The molecule has 0 radical (unpaired) electrons. The van der Waals surface area contributed by atoms with Crippen molar-refractivity contribution >= 4 is 23.2 Å². The third-order valence-electron chi connectivity index (χ3n) is 3.42. The van der Waals surface area contributed by atoms with Crippen LogP contribution in [-0.2, 0) is 11.0 Å². The van der Waals surface area contributed by atoms with Crippen molar-refractivity contribution in [2.24, 2.45) is 11.8 Å². The van der Waals surface area contributed by atoms with Crippen LogP contribution < -0.4 is 10.6 Å². The first kappa shape index (κ1) is 15.1. The van der Waals surface area contributed by atoms with Crippen molar-refractivity contribution in [1.82, 2.24) is 5.32 Å². The van der Waals surface area contributed by atoms with Crippen molar-refractivity contribution in [3.05, 3.63) is 28.8 Å². The smallest absolute Gasteiger partial charge is 0.324 e. The van der Waals surface area contributed by atoms with E-state index in [9.17, 15) is 18.0 Å². The summed E-state index contributed by atoms with van der Waals surface area (Å²) in [6.45, 7) is 3.01. The van der Waals surface area contributed by atoms with Gasteiger partial charge in [0.1, 0.15) is 0 Å². The molecule has 1 saturated heterocycles. The van der Waals surface area contributed by atoms with E-state index < -0.39 is 17.6 Å². The normalized spacial score (nSPS) is 22.9.